The van der Waals surface area contributed by atoms with Crippen LogP contribution in [0.15, 0.2) is 12.2 Å². The summed E-state index contributed by atoms with van der Waals surface area (Å²) < 4.78 is 0. The van der Waals surface area contributed by atoms with Crippen LogP contribution in [-0.4, -0.2) is 61.4 Å². The molecule has 0 radical (unpaired) electrons. The van der Waals surface area contributed by atoms with E-state index in [2.05, 4.69) is 50.3 Å². The molecule has 1 unspecified atom stereocenters. The van der Waals surface area contributed by atoms with Gasteiger partial charge in [0, 0.05) is 19.5 Å². The molecule has 1 fully saturated rings. The van der Waals surface area contributed by atoms with Crippen molar-refractivity contribution in [3.05, 3.63) is 12.2 Å². The lowest BCUT2D eigenvalue weighted by Crippen LogP contribution is -2.54. The fourth-order valence-corrected chi connectivity index (χ4v) is 8.52. The van der Waals surface area contributed by atoms with Gasteiger partial charge in [-0.3, -0.25) is 9.59 Å². The van der Waals surface area contributed by atoms with E-state index in [1.165, 1.54) is 186 Å². The molecule has 0 aliphatic heterocycles. The molecule has 1 saturated carbocycles. The Kier molecular flexibility index (Phi) is 36.1. The first-order chi connectivity index (χ1) is 26.5. The van der Waals surface area contributed by atoms with Crippen LogP contribution in [0.1, 0.15) is 245 Å². The second kappa shape index (κ2) is 38.5. The first-order valence-electron chi connectivity index (χ1n) is 24.4. The number of carbonyl (C=O) groups is 2. The first-order valence-corrected chi connectivity index (χ1v) is 24.4. The third kappa shape index (κ3) is 29.9. The highest BCUT2D eigenvalue weighted by Crippen LogP contribution is 2.30. The molecule has 0 aromatic carbocycles. The van der Waals surface area contributed by atoms with Gasteiger partial charge in [-0.15, -0.1) is 0 Å². The Morgan fingerprint density at radius 1 is 0.537 bits per heavy atom. The van der Waals surface area contributed by atoms with Crippen LogP contribution in [0.2, 0.25) is 0 Å². The van der Waals surface area contributed by atoms with E-state index in [9.17, 15) is 9.59 Å². The molecule has 1 N–H and O–H groups in total. The van der Waals surface area contributed by atoms with Crippen LogP contribution in [0.3, 0.4) is 0 Å². The number of hydrogen-bond donors (Lipinski definition) is 1. The van der Waals surface area contributed by atoms with Crippen molar-refractivity contribution >= 4 is 11.8 Å². The Balaban J connectivity index is 2.39. The van der Waals surface area contributed by atoms with E-state index in [-0.39, 0.29) is 17.9 Å². The predicted molar refractivity (Wildman–Crippen MR) is 237 cm³/mol. The molecule has 0 aromatic heterocycles. The van der Waals surface area contributed by atoms with Crippen LogP contribution in [-0.2, 0) is 9.59 Å². The van der Waals surface area contributed by atoms with E-state index in [4.69, 9.17) is 0 Å². The smallest absolute Gasteiger partial charge is 0.243 e. The molecule has 5 heteroatoms. The lowest BCUT2D eigenvalue weighted by Gasteiger charge is -2.38. The van der Waals surface area contributed by atoms with Gasteiger partial charge in [-0.2, -0.15) is 0 Å². The average molecular weight is 758 g/mol. The molecular weight excluding hydrogens is 663 g/mol. The van der Waals surface area contributed by atoms with Gasteiger partial charge in [0.1, 0.15) is 6.04 Å². The summed E-state index contributed by atoms with van der Waals surface area (Å²) in [5, 5.41) is 3.34. The highest BCUT2D eigenvalue weighted by atomic mass is 16.2. The average Bonchev–Trinajstić information content (AvgIpc) is 3.17. The summed E-state index contributed by atoms with van der Waals surface area (Å²) in [5.41, 5.74) is 0. The van der Waals surface area contributed by atoms with Gasteiger partial charge in [0.25, 0.3) is 0 Å². The van der Waals surface area contributed by atoms with Gasteiger partial charge in [-0.1, -0.05) is 193 Å². The molecule has 0 saturated heterocycles. The molecule has 0 aromatic rings. The number of carbonyl (C=O) groups excluding carboxylic acids is 2. The molecule has 318 valence electrons. The number of allylic oxidation sites excluding steroid dienone is 2. The van der Waals surface area contributed by atoms with Crippen molar-refractivity contribution in [2.75, 3.05) is 33.7 Å². The molecule has 1 aliphatic carbocycles. The molecular formula is C49H95N3O2. The molecule has 5 nitrogen and oxygen atoms in total. The summed E-state index contributed by atoms with van der Waals surface area (Å²) in [4.78, 5) is 32.1. The normalized spacial score (nSPS) is 14.3. The summed E-state index contributed by atoms with van der Waals surface area (Å²) in [6.45, 7) is 6.95. The molecule has 2 amide bonds. The highest BCUT2D eigenvalue weighted by Gasteiger charge is 2.36. The second-order valence-corrected chi connectivity index (χ2v) is 17.5. The fraction of sp³-hybridized carbons (Fsp3) is 0.918. The minimum absolute atomic E-state index is 0.116. The molecule has 0 heterocycles. The van der Waals surface area contributed by atoms with Gasteiger partial charge in [0.15, 0.2) is 0 Å². The minimum atomic E-state index is -0.302. The molecule has 1 rings (SSSR count). The first kappa shape index (κ1) is 50.7. The van der Waals surface area contributed by atoms with Gasteiger partial charge in [0.2, 0.25) is 11.8 Å². The molecule has 0 bridgehead atoms. The quantitative estimate of drug-likeness (QED) is 0.0502. The monoisotopic (exact) mass is 758 g/mol. The van der Waals surface area contributed by atoms with Crippen molar-refractivity contribution in [2.45, 2.75) is 251 Å². The highest BCUT2D eigenvalue weighted by molar-refractivity contribution is 5.88. The third-order valence-electron chi connectivity index (χ3n) is 12.0. The number of rotatable bonds is 39. The molecule has 1 aliphatic rings. The number of unbranched alkanes of at least 4 members (excludes halogenated alkanes) is 26. The van der Waals surface area contributed by atoms with Crippen molar-refractivity contribution in [3.63, 3.8) is 0 Å². The maximum Gasteiger partial charge on any atom is 0.243 e. The number of hydrogen-bond acceptors (Lipinski definition) is 3. The third-order valence-corrected chi connectivity index (χ3v) is 12.0. The van der Waals surface area contributed by atoms with Gasteiger partial charge >= 0.3 is 0 Å². The number of nitrogens with one attached hydrogen (secondary N) is 1. The number of nitrogens with zero attached hydrogens (tertiary/aromatic N) is 2. The SMILES string of the molecule is CCCCCCCC/C=C\CCCCCCCC(=O)N(CCCN(C)C)C(C(=O)NCCCCCCCCCCCCCCCCCC)C1CCCCC1. The minimum Gasteiger partial charge on any atom is -0.354 e. The van der Waals surface area contributed by atoms with Crippen molar-refractivity contribution in [1.29, 1.82) is 0 Å². The van der Waals surface area contributed by atoms with Crippen LogP contribution in [0.5, 0.6) is 0 Å². The topological polar surface area (TPSA) is 52.7 Å². The molecule has 0 spiro atoms. The van der Waals surface area contributed by atoms with Crippen molar-refractivity contribution in [3.8, 4) is 0 Å². The van der Waals surface area contributed by atoms with Gasteiger partial charge in [0.05, 0.1) is 0 Å². The Hall–Kier alpha value is -1.36. The maximum absolute atomic E-state index is 13.9. The summed E-state index contributed by atoms with van der Waals surface area (Å²) in [7, 11) is 4.20. The zero-order chi connectivity index (χ0) is 39.2. The summed E-state index contributed by atoms with van der Waals surface area (Å²) in [6, 6.07) is -0.302. The van der Waals surface area contributed by atoms with Crippen LogP contribution < -0.4 is 5.32 Å². The Morgan fingerprint density at radius 2 is 0.963 bits per heavy atom. The molecule has 54 heavy (non-hydrogen) atoms. The Bertz CT molecular complexity index is 852. The van der Waals surface area contributed by atoms with Gasteiger partial charge in [-0.05, 0) is 84.3 Å². The zero-order valence-corrected chi connectivity index (χ0v) is 37.1. The standard InChI is InChI=1S/C49H95N3O2/c1-5-7-9-11-13-15-17-19-21-23-25-27-29-31-33-38-43-50-49(54)48(46-40-35-34-36-41-46)52(45-39-44-51(3)4)47(53)42-37-32-30-28-26-24-22-20-18-16-14-12-10-8-6-2/h20,22,46,48H,5-19,21,23-45H2,1-4H3,(H,50,54)/b22-20-. The summed E-state index contributed by atoms with van der Waals surface area (Å²) in [6.07, 6.45) is 50.1. The van der Waals surface area contributed by atoms with Crippen LogP contribution in [0.4, 0.5) is 0 Å². The largest absolute Gasteiger partial charge is 0.354 e. The Morgan fingerprint density at radius 3 is 1.43 bits per heavy atom. The summed E-state index contributed by atoms with van der Waals surface area (Å²) in [5.74, 6) is 0.618. The van der Waals surface area contributed by atoms with E-state index in [1.54, 1.807) is 0 Å². The van der Waals surface area contributed by atoms with E-state index in [0.29, 0.717) is 18.9 Å². The van der Waals surface area contributed by atoms with Crippen molar-refractivity contribution in [1.82, 2.24) is 15.1 Å². The summed E-state index contributed by atoms with van der Waals surface area (Å²) >= 11 is 0. The maximum atomic E-state index is 13.9. The lowest BCUT2D eigenvalue weighted by atomic mass is 9.82. The second-order valence-electron chi connectivity index (χ2n) is 17.5. The van der Waals surface area contributed by atoms with Crippen LogP contribution >= 0.6 is 0 Å². The van der Waals surface area contributed by atoms with Crippen molar-refractivity contribution < 1.29 is 9.59 Å². The van der Waals surface area contributed by atoms with E-state index < -0.39 is 0 Å². The van der Waals surface area contributed by atoms with E-state index in [1.807, 2.05) is 4.90 Å². The molecule has 1 atom stereocenters. The number of amides is 2. The predicted octanol–water partition coefficient (Wildman–Crippen LogP) is 14.1. The van der Waals surface area contributed by atoms with E-state index >= 15 is 0 Å². The van der Waals surface area contributed by atoms with Gasteiger partial charge in [-0.25, -0.2) is 0 Å². The van der Waals surface area contributed by atoms with Crippen molar-refractivity contribution in [2.24, 2.45) is 5.92 Å². The van der Waals surface area contributed by atoms with E-state index in [0.717, 1.165) is 51.6 Å². The fourth-order valence-electron chi connectivity index (χ4n) is 8.52. The van der Waals surface area contributed by atoms with Crippen LogP contribution in [0, 0.1) is 5.92 Å². The lowest BCUT2D eigenvalue weighted by molar-refractivity contribution is -0.143. The zero-order valence-electron chi connectivity index (χ0n) is 37.1. The van der Waals surface area contributed by atoms with Gasteiger partial charge < -0.3 is 15.1 Å². The van der Waals surface area contributed by atoms with Crippen LogP contribution in [0.25, 0.3) is 0 Å². The Labute approximate surface area is 338 Å².